The smallest absolute Gasteiger partial charge is 0.223 e. The lowest BCUT2D eigenvalue weighted by molar-refractivity contribution is -0.133. The maximum Gasteiger partial charge on any atom is 0.223 e. The van der Waals surface area contributed by atoms with E-state index in [2.05, 4.69) is 29.0 Å². The van der Waals surface area contributed by atoms with Gasteiger partial charge >= 0.3 is 0 Å². The van der Waals surface area contributed by atoms with E-state index in [-0.39, 0.29) is 11.9 Å². The van der Waals surface area contributed by atoms with Gasteiger partial charge in [0.15, 0.2) is 11.5 Å². The normalized spacial score (nSPS) is 15.9. The first-order valence-electron chi connectivity index (χ1n) is 9.31. The van der Waals surface area contributed by atoms with E-state index in [9.17, 15) is 4.79 Å². The predicted molar refractivity (Wildman–Crippen MR) is 114 cm³/mol. The van der Waals surface area contributed by atoms with Crippen LogP contribution in [0.3, 0.4) is 0 Å². The third-order valence-corrected chi connectivity index (χ3v) is 7.03. The van der Waals surface area contributed by atoms with Crippen LogP contribution in [0, 0.1) is 0 Å². The zero-order valence-corrected chi connectivity index (χ0v) is 17.6. The number of nitrogens with zero attached hydrogens (tertiary/aromatic N) is 1. The summed E-state index contributed by atoms with van der Waals surface area (Å²) in [7, 11) is 3.31. The molecule has 146 valence electrons. The van der Waals surface area contributed by atoms with Crippen molar-refractivity contribution >= 4 is 28.6 Å². The molecule has 1 unspecified atom stereocenters. The number of thiophene rings is 2. The van der Waals surface area contributed by atoms with Gasteiger partial charge in [-0.25, -0.2) is 0 Å². The van der Waals surface area contributed by atoms with Crippen LogP contribution in [0.1, 0.15) is 33.3 Å². The van der Waals surface area contributed by atoms with Crippen molar-refractivity contribution < 1.29 is 14.3 Å². The van der Waals surface area contributed by atoms with Crippen molar-refractivity contribution in [3.8, 4) is 11.5 Å². The lowest BCUT2D eigenvalue weighted by Gasteiger charge is -2.37. The molecule has 1 aliphatic rings. The van der Waals surface area contributed by atoms with Crippen molar-refractivity contribution in [3.63, 3.8) is 0 Å². The van der Waals surface area contributed by atoms with E-state index in [0.717, 1.165) is 24.2 Å². The molecular weight excluding hydrogens is 390 g/mol. The number of fused-ring (bicyclic) bond motifs is 1. The molecule has 2 aromatic heterocycles. The summed E-state index contributed by atoms with van der Waals surface area (Å²) in [4.78, 5) is 17.6. The number of amides is 1. The fourth-order valence-electron chi connectivity index (χ4n) is 3.80. The SMILES string of the molecule is COc1cc2c(cc1OC)C(c1cccs1)N(C(=O)CCc1cccs1)CC2. The Kier molecular flexibility index (Phi) is 5.69. The Labute approximate surface area is 173 Å². The van der Waals surface area contributed by atoms with Crippen molar-refractivity contribution in [2.45, 2.75) is 25.3 Å². The Morgan fingerprint density at radius 2 is 1.86 bits per heavy atom. The number of hydrogen-bond acceptors (Lipinski definition) is 5. The van der Waals surface area contributed by atoms with Crippen LogP contribution in [0.2, 0.25) is 0 Å². The zero-order chi connectivity index (χ0) is 19.5. The lowest BCUT2D eigenvalue weighted by Crippen LogP contribution is -2.40. The highest BCUT2D eigenvalue weighted by molar-refractivity contribution is 7.10. The third kappa shape index (κ3) is 3.66. The molecule has 0 bridgehead atoms. The van der Waals surface area contributed by atoms with Crippen LogP contribution in [0.25, 0.3) is 0 Å². The van der Waals surface area contributed by atoms with E-state index in [1.165, 1.54) is 15.3 Å². The molecule has 0 aliphatic carbocycles. The summed E-state index contributed by atoms with van der Waals surface area (Å²) in [6.07, 6.45) is 2.15. The van der Waals surface area contributed by atoms with E-state index >= 15 is 0 Å². The Morgan fingerprint density at radius 3 is 2.54 bits per heavy atom. The fourth-order valence-corrected chi connectivity index (χ4v) is 5.36. The number of rotatable bonds is 6. The van der Waals surface area contributed by atoms with Gasteiger partial charge in [-0.2, -0.15) is 0 Å². The van der Waals surface area contributed by atoms with Gasteiger partial charge in [-0.05, 0) is 59.0 Å². The van der Waals surface area contributed by atoms with Gasteiger partial charge in [0.05, 0.1) is 20.3 Å². The average molecular weight is 414 g/mol. The Hall–Kier alpha value is -2.31. The minimum absolute atomic E-state index is 0.0700. The molecule has 4 rings (SSSR count). The van der Waals surface area contributed by atoms with Gasteiger partial charge in [0.25, 0.3) is 0 Å². The van der Waals surface area contributed by atoms with Gasteiger partial charge in [0, 0.05) is 22.7 Å². The number of hydrogen-bond donors (Lipinski definition) is 0. The van der Waals surface area contributed by atoms with E-state index in [0.29, 0.717) is 18.7 Å². The quantitative estimate of drug-likeness (QED) is 0.575. The topological polar surface area (TPSA) is 38.8 Å². The number of ether oxygens (including phenoxy) is 2. The van der Waals surface area contributed by atoms with E-state index in [1.54, 1.807) is 36.9 Å². The van der Waals surface area contributed by atoms with Crippen LogP contribution in [-0.4, -0.2) is 31.6 Å². The molecular formula is C22H23NO3S2. The summed E-state index contributed by atoms with van der Waals surface area (Å²) in [5.41, 5.74) is 2.36. The summed E-state index contributed by atoms with van der Waals surface area (Å²) in [5.74, 6) is 1.64. The largest absolute Gasteiger partial charge is 0.493 e. The minimum atomic E-state index is -0.0700. The van der Waals surface area contributed by atoms with Crippen molar-refractivity contribution in [2.24, 2.45) is 0 Å². The van der Waals surface area contributed by atoms with Crippen LogP contribution in [0.5, 0.6) is 11.5 Å². The second kappa shape index (κ2) is 8.37. The van der Waals surface area contributed by atoms with Gasteiger partial charge in [0.1, 0.15) is 0 Å². The predicted octanol–water partition coefficient (Wildman–Crippen LogP) is 4.93. The fraction of sp³-hybridized carbons (Fsp3) is 0.318. The minimum Gasteiger partial charge on any atom is -0.493 e. The van der Waals surface area contributed by atoms with Gasteiger partial charge in [-0.15, -0.1) is 22.7 Å². The molecule has 3 aromatic rings. The highest BCUT2D eigenvalue weighted by Gasteiger charge is 2.33. The first-order chi connectivity index (χ1) is 13.7. The molecule has 6 heteroatoms. The molecule has 0 saturated heterocycles. The lowest BCUT2D eigenvalue weighted by atomic mass is 9.90. The second-order valence-electron chi connectivity index (χ2n) is 6.74. The summed E-state index contributed by atoms with van der Waals surface area (Å²) in [6.45, 7) is 0.717. The highest BCUT2D eigenvalue weighted by Crippen LogP contribution is 2.42. The molecule has 0 N–H and O–H groups in total. The number of aryl methyl sites for hydroxylation is 1. The maximum atomic E-state index is 13.2. The van der Waals surface area contributed by atoms with Crippen molar-refractivity contribution in [3.05, 3.63) is 68.0 Å². The summed E-state index contributed by atoms with van der Waals surface area (Å²) in [5, 5.41) is 4.13. The molecule has 1 amide bonds. The molecule has 1 aliphatic heterocycles. The van der Waals surface area contributed by atoms with Crippen LogP contribution >= 0.6 is 22.7 Å². The molecule has 0 fully saturated rings. The Morgan fingerprint density at radius 1 is 1.11 bits per heavy atom. The van der Waals surface area contributed by atoms with Gasteiger partial charge in [0.2, 0.25) is 5.91 Å². The molecule has 0 radical (unpaired) electrons. The van der Waals surface area contributed by atoms with Crippen molar-refractivity contribution in [1.82, 2.24) is 4.90 Å². The Balaban J connectivity index is 1.67. The van der Waals surface area contributed by atoms with E-state index in [1.807, 2.05) is 23.1 Å². The average Bonchev–Trinajstić information content (AvgIpc) is 3.44. The van der Waals surface area contributed by atoms with E-state index in [4.69, 9.17) is 9.47 Å². The van der Waals surface area contributed by atoms with Crippen LogP contribution in [0.4, 0.5) is 0 Å². The second-order valence-corrected chi connectivity index (χ2v) is 8.75. The number of methoxy groups -OCH3 is 2. The highest BCUT2D eigenvalue weighted by atomic mass is 32.1. The summed E-state index contributed by atoms with van der Waals surface area (Å²) < 4.78 is 11.0. The molecule has 1 atom stereocenters. The number of carbonyl (C=O) groups excluding carboxylic acids is 1. The summed E-state index contributed by atoms with van der Waals surface area (Å²) >= 11 is 3.40. The van der Waals surface area contributed by atoms with Gasteiger partial charge < -0.3 is 14.4 Å². The molecule has 0 saturated carbocycles. The molecule has 28 heavy (non-hydrogen) atoms. The maximum absolute atomic E-state index is 13.2. The first-order valence-corrected chi connectivity index (χ1v) is 11.1. The Bertz CT molecular complexity index is 935. The molecule has 0 spiro atoms. The number of carbonyl (C=O) groups is 1. The molecule has 4 nitrogen and oxygen atoms in total. The van der Waals surface area contributed by atoms with Gasteiger partial charge in [-0.3, -0.25) is 4.79 Å². The van der Waals surface area contributed by atoms with E-state index < -0.39 is 0 Å². The third-order valence-electron chi connectivity index (χ3n) is 5.17. The van der Waals surface area contributed by atoms with Crippen LogP contribution in [-0.2, 0) is 17.6 Å². The van der Waals surface area contributed by atoms with Crippen molar-refractivity contribution in [1.29, 1.82) is 0 Å². The summed E-state index contributed by atoms with van der Waals surface area (Å²) in [6, 6.07) is 12.3. The monoisotopic (exact) mass is 413 g/mol. The van der Waals surface area contributed by atoms with Crippen LogP contribution < -0.4 is 9.47 Å². The van der Waals surface area contributed by atoms with Crippen LogP contribution in [0.15, 0.2) is 47.2 Å². The first kappa shape index (κ1) is 19.0. The number of benzene rings is 1. The zero-order valence-electron chi connectivity index (χ0n) is 16.0. The van der Waals surface area contributed by atoms with Gasteiger partial charge in [-0.1, -0.05) is 12.1 Å². The van der Waals surface area contributed by atoms with Crippen molar-refractivity contribution in [2.75, 3.05) is 20.8 Å². The molecule has 1 aromatic carbocycles. The standard InChI is InChI=1S/C22H23NO3S2/c1-25-18-13-15-9-10-23(21(24)8-7-16-5-3-11-27-16)22(20-6-4-12-28-20)17(15)14-19(18)26-2/h3-6,11-14,22H,7-10H2,1-2H3. The molecule has 3 heterocycles.